The second kappa shape index (κ2) is 5.09. The average Bonchev–Trinajstić information content (AvgIpc) is 2.26. The Bertz CT molecular complexity index is 340. The molecule has 0 heterocycles. The van der Waals surface area contributed by atoms with Crippen molar-refractivity contribution in [1.82, 2.24) is 0 Å². The molecule has 1 rings (SSSR count). The Balaban J connectivity index is 2.97. The highest BCUT2D eigenvalue weighted by Gasteiger charge is 2.24. The smallest absolute Gasteiger partial charge is 0.328 e. The lowest BCUT2D eigenvalue weighted by Gasteiger charge is -2.21. The first-order valence-corrected chi connectivity index (χ1v) is 4.61. The van der Waals surface area contributed by atoms with Gasteiger partial charge in [0.05, 0.1) is 11.0 Å². The summed E-state index contributed by atoms with van der Waals surface area (Å²) in [5.41, 5.74) is 0.488. The fourth-order valence-electron chi connectivity index (χ4n) is 1.32. The topological polar surface area (TPSA) is 70.0 Å². The summed E-state index contributed by atoms with van der Waals surface area (Å²) in [4.78, 5) is 21.5. The molecule has 80 valence electrons. The molecule has 5 heteroatoms. The van der Waals surface area contributed by atoms with Gasteiger partial charge >= 0.3 is 5.97 Å². The number of nitrogens with zero attached hydrogens (tertiary/aromatic N) is 2. The van der Waals surface area contributed by atoms with Crippen LogP contribution in [0.15, 0.2) is 35.6 Å². The van der Waals surface area contributed by atoms with Crippen LogP contribution in [0.2, 0.25) is 0 Å². The summed E-state index contributed by atoms with van der Waals surface area (Å²) in [6.45, 7) is 1.69. The van der Waals surface area contributed by atoms with Crippen LogP contribution in [0.3, 0.4) is 0 Å². The molecule has 15 heavy (non-hydrogen) atoms. The molecule has 1 unspecified atom stereocenters. The zero-order valence-electron chi connectivity index (χ0n) is 8.33. The minimum atomic E-state index is -1.05. The molecule has 0 saturated carbocycles. The van der Waals surface area contributed by atoms with Crippen LogP contribution >= 0.6 is 0 Å². The summed E-state index contributed by atoms with van der Waals surface area (Å²) >= 11 is 0. The van der Waals surface area contributed by atoms with Crippen molar-refractivity contribution in [3.8, 4) is 0 Å². The van der Waals surface area contributed by atoms with Crippen molar-refractivity contribution in [3.63, 3.8) is 0 Å². The SMILES string of the molecule is CCC(C(=O)O)N(N=O)c1ccccc1. The van der Waals surface area contributed by atoms with Crippen LogP contribution in [0, 0.1) is 4.91 Å². The van der Waals surface area contributed by atoms with Gasteiger partial charge in [-0.15, -0.1) is 4.91 Å². The third-order valence-electron chi connectivity index (χ3n) is 2.08. The van der Waals surface area contributed by atoms with Gasteiger partial charge in [0.1, 0.15) is 0 Å². The van der Waals surface area contributed by atoms with Crippen LogP contribution in [0.5, 0.6) is 0 Å². The normalized spacial score (nSPS) is 11.8. The minimum absolute atomic E-state index is 0.315. The number of carboxylic acids is 1. The zero-order chi connectivity index (χ0) is 11.3. The highest BCUT2D eigenvalue weighted by Crippen LogP contribution is 2.18. The van der Waals surface area contributed by atoms with Gasteiger partial charge in [-0.3, -0.25) is 0 Å². The Morgan fingerprint density at radius 3 is 2.47 bits per heavy atom. The number of anilines is 1. The maximum atomic E-state index is 10.9. The predicted octanol–water partition coefficient (Wildman–Crippen LogP) is 2.04. The summed E-state index contributed by atoms with van der Waals surface area (Å²) in [7, 11) is 0. The van der Waals surface area contributed by atoms with Crippen LogP contribution < -0.4 is 5.01 Å². The minimum Gasteiger partial charge on any atom is -0.480 e. The van der Waals surface area contributed by atoms with E-state index in [1.54, 1.807) is 37.3 Å². The molecule has 0 aliphatic rings. The van der Waals surface area contributed by atoms with Gasteiger partial charge in [-0.05, 0) is 18.6 Å². The van der Waals surface area contributed by atoms with Crippen molar-refractivity contribution in [3.05, 3.63) is 35.2 Å². The molecule has 1 atom stereocenters. The summed E-state index contributed by atoms with van der Waals surface area (Å²) in [6, 6.07) is 7.61. The molecular weight excluding hydrogens is 196 g/mol. The van der Waals surface area contributed by atoms with E-state index in [0.29, 0.717) is 12.1 Å². The molecule has 1 aromatic rings. The number of benzene rings is 1. The van der Waals surface area contributed by atoms with E-state index in [9.17, 15) is 9.70 Å². The lowest BCUT2D eigenvalue weighted by Crippen LogP contribution is -2.36. The van der Waals surface area contributed by atoms with Gasteiger partial charge in [-0.2, -0.15) is 0 Å². The molecule has 0 radical (unpaired) electrons. The van der Waals surface area contributed by atoms with Gasteiger partial charge in [0, 0.05) is 0 Å². The van der Waals surface area contributed by atoms with Crippen LogP contribution in [0.1, 0.15) is 13.3 Å². The van der Waals surface area contributed by atoms with Gasteiger partial charge in [-0.1, -0.05) is 25.1 Å². The lowest BCUT2D eigenvalue weighted by atomic mass is 10.2. The van der Waals surface area contributed by atoms with E-state index in [2.05, 4.69) is 5.29 Å². The first-order chi connectivity index (χ1) is 7.20. The highest BCUT2D eigenvalue weighted by molar-refractivity contribution is 5.77. The van der Waals surface area contributed by atoms with E-state index in [-0.39, 0.29) is 0 Å². The summed E-state index contributed by atoms with van der Waals surface area (Å²) in [5.74, 6) is -1.05. The molecule has 1 N–H and O–H groups in total. The van der Waals surface area contributed by atoms with Gasteiger partial charge in [-0.25, -0.2) is 9.80 Å². The highest BCUT2D eigenvalue weighted by atomic mass is 16.4. The Morgan fingerprint density at radius 1 is 1.47 bits per heavy atom. The van der Waals surface area contributed by atoms with E-state index < -0.39 is 12.0 Å². The molecule has 0 fully saturated rings. The number of carbonyl (C=O) groups is 1. The van der Waals surface area contributed by atoms with Crippen LogP contribution in [0.4, 0.5) is 5.69 Å². The fraction of sp³-hybridized carbons (Fsp3) is 0.300. The molecule has 0 bridgehead atoms. The van der Waals surface area contributed by atoms with Crippen molar-refractivity contribution < 1.29 is 9.90 Å². The fourth-order valence-corrected chi connectivity index (χ4v) is 1.32. The molecule has 0 aromatic heterocycles. The van der Waals surface area contributed by atoms with E-state index in [0.717, 1.165) is 5.01 Å². The lowest BCUT2D eigenvalue weighted by molar-refractivity contribution is -0.138. The number of hydrogen-bond donors (Lipinski definition) is 1. The quantitative estimate of drug-likeness (QED) is 0.593. The first kappa shape index (κ1) is 11.2. The second-order valence-electron chi connectivity index (χ2n) is 3.02. The van der Waals surface area contributed by atoms with Crippen LogP contribution in [-0.4, -0.2) is 17.1 Å². The zero-order valence-corrected chi connectivity index (χ0v) is 8.33. The third kappa shape index (κ3) is 2.52. The monoisotopic (exact) mass is 208 g/mol. The van der Waals surface area contributed by atoms with Crippen molar-refractivity contribution in [2.75, 3.05) is 5.01 Å². The number of carboxylic acid groups (broad SMARTS) is 1. The number of rotatable bonds is 5. The maximum Gasteiger partial charge on any atom is 0.328 e. The molecular formula is C10H12N2O3. The van der Waals surface area contributed by atoms with E-state index in [1.807, 2.05) is 0 Å². The Hall–Kier alpha value is -1.91. The number of para-hydroxylation sites is 1. The summed E-state index contributed by atoms with van der Waals surface area (Å²) in [5, 5.41) is 12.6. The number of aliphatic carboxylic acids is 1. The van der Waals surface area contributed by atoms with Gasteiger partial charge in [0.15, 0.2) is 6.04 Å². The molecule has 5 nitrogen and oxygen atoms in total. The largest absolute Gasteiger partial charge is 0.480 e. The number of nitroso groups, excluding NO2 is 1. The van der Waals surface area contributed by atoms with E-state index in [1.165, 1.54) is 0 Å². The molecule has 0 aliphatic heterocycles. The molecule has 0 spiro atoms. The predicted molar refractivity (Wildman–Crippen MR) is 56.4 cm³/mol. The van der Waals surface area contributed by atoms with E-state index in [4.69, 9.17) is 5.11 Å². The van der Waals surface area contributed by atoms with Crippen LogP contribution in [-0.2, 0) is 4.79 Å². The van der Waals surface area contributed by atoms with Gasteiger partial charge in [0.2, 0.25) is 0 Å². The van der Waals surface area contributed by atoms with Crippen molar-refractivity contribution in [2.45, 2.75) is 19.4 Å². The summed E-state index contributed by atoms with van der Waals surface area (Å²) in [6.07, 6.45) is 0.315. The van der Waals surface area contributed by atoms with Crippen molar-refractivity contribution in [2.24, 2.45) is 5.29 Å². The summed E-state index contributed by atoms with van der Waals surface area (Å²) < 4.78 is 0. The van der Waals surface area contributed by atoms with Gasteiger partial charge < -0.3 is 5.11 Å². The molecule has 0 aliphatic carbocycles. The Morgan fingerprint density at radius 2 is 2.07 bits per heavy atom. The number of hydrogen-bond acceptors (Lipinski definition) is 3. The Labute approximate surface area is 87.3 Å². The molecule has 0 amide bonds. The van der Waals surface area contributed by atoms with E-state index >= 15 is 0 Å². The average molecular weight is 208 g/mol. The maximum absolute atomic E-state index is 10.9. The van der Waals surface area contributed by atoms with Crippen molar-refractivity contribution in [1.29, 1.82) is 0 Å². The third-order valence-corrected chi connectivity index (χ3v) is 2.08. The standard InChI is InChI=1S/C10H12N2O3/c1-2-9(10(13)14)12(11-15)8-6-4-3-5-7-8/h3-7,9H,2H2,1H3,(H,13,14). The second-order valence-corrected chi connectivity index (χ2v) is 3.02. The molecule has 0 saturated heterocycles. The van der Waals surface area contributed by atoms with Gasteiger partial charge in [0.25, 0.3) is 0 Å². The Kier molecular flexibility index (Phi) is 3.79. The molecule has 1 aromatic carbocycles. The first-order valence-electron chi connectivity index (χ1n) is 4.61. The van der Waals surface area contributed by atoms with Crippen molar-refractivity contribution >= 4 is 11.7 Å². The van der Waals surface area contributed by atoms with Crippen LogP contribution in [0.25, 0.3) is 0 Å².